The lowest BCUT2D eigenvalue weighted by atomic mass is 9.80. The maximum atomic E-state index is 13.4. The van der Waals surface area contributed by atoms with Crippen molar-refractivity contribution in [3.8, 4) is 0 Å². The van der Waals surface area contributed by atoms with Gasteiger partial charge >= 0.3 is 0 Å². The highest BCUT2D eigenvalue weighted by Crippen LogP contribution is 2.31. The van der Waals surface area contributed by atoms with E-state index in [4.69, 9.17) is 11.6 Å². The van der Waals surface area contributed by atoms with E-state index in [0.717, 1.165) is 18.3 Å². The van der Waals surface area contributed by atoms with Crippen molar-refractivity contribution in [2.75, 3.05) is 0 Å². The van der Waals surface area contributed by atoms with Crippen LogP contribution in [0.5, 0.6) is 0 Å². The van der Waals surface area contributed by atoms with Crippen LogP contribution < -0.4 is 0 Å². The number of benzene rings is 1. The maximum absolute atomic E-state index is 13.4. The fraction of sp³-hybridized carbons (Fsp3) is 0.600. The van der Waals surface area contributed by atoms with Gasteiger partial charge in [-0.2, -0.15) is 0 Å². The molecule has 0 amide bonds. The quantitative estimate of drug-likeness (QED) is 0.684. The molecular formula is C15H20ClF. The Morgan fingerprint density at radius 1 is 1.24 bits per heavy atom. The van der Waals surface area contributed by atoms with Crippen LogP contribution in [0.3, 0.4) is 0 Å². The normalized spacial score (nSPS) is 24.9. The lowest BCUT2D eigenvalue weighted by Crippen LogP contribution is -2.14. The standard InChI is InChI=1S/C15H20ClF/c1-10-3-5-12(6-4-10)8-13-7-11(2)15(17)14(16)9-13/h7,9-10,12H,3-6,8H2,1-2H3. The SMILES string of the molecule is Cc1cc(CC2CCC(C)CC2)cc(Cl)c1F. The van der Waals surface area contributed by atoms with Crippen molar-refractivity contribution in [3.63, 3.8) is 0 Å². The molecule has 0 aliphatic heterocycles. The average molecular weight is 255 g/mol. The van der Waals surface area contributed by atoms with Crippen molar-refractivity contribution < 1.29 is 4.39 Å². The first-order valence-electron chi connectivity index (χ1n) is 6.50. The van der Waals surface area contributed by atoms with Gasteiger partial charge in [-0.25, -0.2) is 4.39 Å². The van der Waals surface area contributed by atoms with Gasteiger partial charge in [0.1, 0.15) is 5.82 Å². The summed E-state index contributed by atoms with van der Waals surface area (Å²) in [5.41, 5.74) is 1.85. The fourth-order valence-electron chi connectivity index (χ4n) is 2.78. The van der Waals surface area contributed by atoms with Gasteiger partial charge in [0.15, 0.2) is 0 Å². The molecule has 0 unspecified atom stereocenters. The number of hydrogen-bond acceptors (Lipinski definition) is 0. The Kier molecular flexibility index (Phi) is 4.09. The molecule has 0 heterocycles. The summed E-state index contributed by atoms with van der Waals surface area (Å²) < 4.78 is 13.4. The van der Waals surface area contributed by atoms with Crippen LogP contribution in [-0.2, 0) is 6.42 Å². The van der Waals surface area contributed by atoms with E-state index in [1.54, 1.807) is 13.0 Å². The van der Waals surface area contributed by atoms with E-state index in [2.05, 4.69) is 6.92 Å². The molecule has 1 aliphatic carbocycles. The number of aryl methyl sites for hydroxylation is 1. The molecule has 2 heteroatoms. The molecule has 1 saturated carbocycles. The topological polar surface area (TPSA) is 0 Å². The highest BCUT2D eigenvalue weighted by Gasteiger charge is 2.19. The first-order chi connectivity index (χ1) is 8.06. The van der Waals surface area contributed by atoms with Gasteiger partial charge < -0.3 is 0 Å². The molecule has 1 aromatic carbocycles. The van der Waals surface area contributed by atoms with Gasteiger partial charge in [-0.15, -0.1) is 0 Å². The molecular weight excluding hydrogens is 235 g/mol. The fourth-order valence-corrected chi connectivity index (χ4v) is 3.07. The summed E-state index contributed by atoms with van der Waals surface area (Å²) in [6.45, 7) is 4.11. The lowest BCUT2D eigenvalue weighted by molar-refractivity contribution is 0.289. The third-order valence-corrected chi connectivity index (χ3v) is 4.20. The highest BCUT2D eigenvalue weighted by molar-refractivity contribution is 6.30. The lowest BCUT2D eigenvalue weighted by Gasteiger charge is -2.26. The highest BCUT2D eigenvalue weighted by atomic mass is 35.5. The summed E-state index contributed by atoms with van der Waals surface area (Å²) in [5, 5.41) is 0.268. The van der Waals surface area contributed by atoms with Gasteiger partial charge in [0.25, 0.3) is 0 Å². The number of hydrogen-bond donors (Lipinski definition) is 0. The van der Waals surface area contributed by atoms with Gasteiger partial charge in [0, 0.05) is 0 Å². The predicted octanol–water partition coefficient (Wildman–Crippen LogP) is 5.16. The minimum absolute atomic E-state index is 0.268. The Balaban J connectivity index is 2.04. The summed E-state index contributed by atoms with van der Waals surface area (Å²) in [4.78, 5) is 0. The van der Waals surface area contributed by atoms with Crippen molar-refractivity contribution in [1.82, 2.24) is 0 Å². The second-order valence-corrected chi connectivity index (χ2v) is 5.95. The van der Waals surface area contributed by atoms with Crippen LogP contribution >= 0.6 is 11.6 Å². The van der Waals surface area contributed by atoms with E-state index < -0.39 is 0 Å². The third-order valence-electron chi connectivity index (χ3n) is 3.93. The zero-order chi connectivity index (χ0) is 12.4. The Morgan fingerprint density at radius 3 is 2.47 bits per heavy atom. The van der Waals surface area contributed by atoms with Gasteiger partial charge in [-0.1, -0.05) is 37.4 Å². The molecule has 0 bridgehead atoms. The largest absolute Gasteiger partial charge is 0.205 e. The van der Waals surface area contributed by atoms with Crippen molar-refractivity contribution in [2.45, 2.75) is 46.0 Å². The minimum atomic E-state index is -0.271. The van der Waals surface area contributed by atoms with Crippen LogP contribution in [0.15, 0.2) is 12.1 Å². The summed E-state index contributed by atoms with van der Waals surface area (Å²) in [5.74, 6) is 1.37. The van der Waals surface area contributed by atoms with E-state index in [1.807, 2.05) is 6.07 Å². The molecule has 0 radical (unpaired) electrons. The van der Waals surface area contributed by atoms with E-state index in [1.165, 1.54) is 31.2 Å². The maximum Gasteiger partial charge on any atom is 0.144 e. The average Bonchev–Trinajstić information content (AvgIpc) is 2.29. The molecule has 1 aromatic rings. The molecule has 94 valence electrons. The Bertz CT molecular complexity index is 369. The van der Waals surface area contributed by atoms with Crippen LogP contribution in [0, 0.1) is 24.6 Å². The van der Waals surface area contributed by atoms with E-state index in [-0.39, 0.29) is 10.8 Å². The van der Waals surface area contributed by atoms with Crippen molar-refractivity contribution in [3.05, 3.63) is 34.1 Å². The van der Waals surface area contributed by atoms with Crippen LogP contribution in [-0.4, -0.2) is 0 Å². The molecule has 1 fully saturated rings. The smallest absolute Gasteiger partial charge is 0.144 e. The monoisotopic (exact) mass is 254 g/mol. The minimum Gasteiger partial charge on any atom is -0.205 e. The summed E-state index contributed by atoms with van der Waals surface area (Å²) in [6, 6.07) is 3.74. The van der Waals surface area contributed by atoms with Crippen LogP contribution in [0.2, 0.25) is 5.02 Å². The van der Waals surface area contributed by atoms with Crippen molar-refractivity contribution in [2.24, 2.45) is 11.8 Å². The molecule has 0 spiro atoms. The molecule has 2 rings (SSSR count). The second kappa shape index (κ2) is 5.39. The van der Waals surface area contributed by atoms with Crippen LogP contribution in [0.4, 0.5) is 4.39 Å². The van der Waals surface area contributed by atoms with Gasteiger partial charge in [-0.3, -0.25) is 0 Å². The zero-order valence-corrected chi connectivity index (χ0v) is 11.4. The predicted molar refractivity (Wildman–Crippen MR) is 71.0 cm³/mol. The first-order valence-corrected chi connectivity index (χ1v) is 6.88. The van der Waals surface area contributed by atoms with Crippen LogP contribution in [0.1, 0.15) is 43.7 Å². The molecule has 0 nitrogen and oxygen atoms in total. The van der Waals surface area contributed by atoms with E-state index in [9.17, 15) is 4.39 Å². The van der Waals surface area contributed by atoms with Gasteiger partial charge in [0.2, 0.25) is 0 Å². The summed E-state index contributed by atoms with van der Waals surface area (Å²) in [7, 11) is 0. The molecule has 0 aromatic heterocycles. The number of halogens is 2. The Morgan fingerprint density at radius 2 is 1.88 bits per heavy atom. The molecule has 17 heavy (non-hydrogen) atoms. The van der Waals surface area contributed by atoms with E-state index in [0.29, 0.717) is 5.56 Å². The molecule has 0 atom stereocenters. The summed E-state index contributed by atoms with van der Waals surface area (Å²) >= 11 is 5.88. The Labute approximate surface area is 108 Å². The first kappa shape index (κ1) is 12.9. The zero-order valence-electron chi connectivity index (χ0n) is 10.6. The second-order valence-electron chi connectivity index (χ2n) is 5.54. The summed E-state index contributed by atoms with van der Waals surface area (Å²) in [6.07, 6.45) is 6.31. The Hall–Kier alpha value is -0.560. The number of rotatable bonds is 2. The molecule has 1 aliphatic rings. The van der Waals surface area contributed by atoms with Gasteiger partial charge in [0.05, 0.1) is 5.02 Å². The van der Waals surface area contributed by atoms with Crippen LogP contribution in [0.25, 0.3) is 0 Å². The third kappa shape index (κ3) is 3.22. The molecule has 0 N–H and O–H groups in total. The van der Waals surface area contributed by atoms with Gasteiger partial charge in [-0.05, 0) is 55.2 Å². The van der Waals surface area contributed by atoms with Crippen molar-refractivity contribution in [1.29, 1.82) is 0 Å². The van der Waals surface area contributed by atoms with E-state index >= 15 is 0 Å². The molecule has 0 saturated heterocycles. The van der Waals surface area contributed by atoms with Crippen molar-refractivity contribution >= 4 is 11.6 Å².